The largest absolute Gasteiger partial charge is 0.454 e. The van der Waals surface area contributed by atoms with E-state index in [1.807, 2.05) is 30.3 Å². The first-order valence-electron chi connectivity index (χ1n) is 7.50. The predicted molar refractivity (Wildman–Crippen MR) is 95.5 cm³/mol. The molecule has 2 heterocycles. The van der Waals surface area contributed by atoms with Crippen LogP contribution in [0.3, 0.4) is 0 Å². The Kier molecular flexibility index (Phi) is 4.15. The van der Waals surface area contributed by atoms with Crippen molar-refractivity contribution in [2.24, 2.45) is 0 Å². The number of halogens is 1. The standard InChI is InChI=1S/C18H12ClNO4S/c19-13-8-15-14(23-10-24-15)7-12(13)9-20-17(21)16(25-18(20)22)6-11-4-2-1-3-5-11/h1-8H,9-10H2/b16-6-. The number of thioether (sulfide) groups is 1. The molecule has 5 nitrogen and oxygen atoms in total. The highest BCUT2D eigenvalue weighted by Crippen LogP contribution is 2.39. The second kappa shape index (κ2) is 6.46. The number of hydrogen-bond donors (Lipinski definition) is 0. The van der Waals surface area contributed by atoms with Gasteiger partial charge in [-0.05, 0) is 35.0 Å². The number of nitrogens with zero attached hydrogens (tertiary/aromatic N) is 1. The molecule has 0 bridgehead atoms. The number of imide groups is 1. The Morgan fingerprint density at radius 1 is 1.12 bits per heavy atom. The van der Waals surface area contributed by atoms with Crippen molar-refractivity contribution < 1.29 is 19.1 Å². The average molecular weight is 374 g/mol. The van der Waals surface area contributed by atoms with Crippen molar-refractivity contribution in [2.75, 3.05) is 6.79 Å². The van der Waals surface area contributed by atoms with Crippen molar-refractivity contribution >= 4 is 40.6 Å². The van der Waals surface area contributed by atoms with Crippen molar-refractivity contribution in [3.63, 3.8) is 0 Å². The van der Waals surface area contributed by atoms with Crippen LogP contribution in [0.1, 0.15) is 11.1 Å². The van der Waals surface area contributed by atoms with E-state index in [1.165, 1.54) is 4.90 Å². The van der Waals surface area contributed by atoms with Crippen LogP contribution in [-0.4, -0.2) is 22.8 Å². The van der Waals surface area contributed by atoms with Gasteiger partial charge in [0, 0.05) is 11.1 Å². The Bertz CT molecular complexity index is 897. The van der Waals surface area contributed by atoms with Crippen LogP contribution in [0, 0.1) is 0 Å². The van der Waals surface area contributed by atoms with Gasteiger partial charge in [0.25, 0.3) is 11.1 Å². The number of carbonyl (C=O) groups is 2. The van der Waals surface area contributed by atoms with E-state index in [4.69, 9.17) is 21.1 Å². The molecule has 0 radical (unpaired) electrons. The second-order valence-electron chi connectivity index (χ2n) is 5.48. The normalized spacial score (nSPS) is 17.6. The summed E-state index contributed by atoms with van der Waals surface area (Å²) in [6.45, 7) is 0.225. The van der Waals surface area contributed by atoms with Crippen LogP contribution in [0.15, 0.2) is 47.4 Å². The molecule has 2 aliphatic heterocycles. The molecule has 4 rings (SSSR count). The number of ether oxygens (including phenoxy) is 2. The average Bonchev–Trinajstić information content (AvgIpc) is 3.15. The zero-order valence-electron chi connectivity index (χ0n) is 12.9. The molecule has 25 heavy (non-hydrogen) atoms. The number of amides is 2. The molecule has 1 fully saturated rings. The summed E-state index contributed by atoms with van der Waals surface area (Å²) >= 11 is 7.17. The Labute approximate surface area is 153 Å². The van der Waals surface area contributed by atoms with Gasteiger partial charge < -0.3 is 9.47 Å². The van der Waals surface area contributed by atoms with E-state index in [-0.39, 0.29) is 24.5 Å². The molecule has 2 aromatic carbocycles. The maximum Gasteiger partial charge on any atom is 0.293 e. The summed E-state index contributed by atoms with van der Waals surface area (Å²) in [5.74, 6) is 0.797. The van der Waals surface area contributed by atoms with Crippen LogP contribution < -0.4 is 9.47 Å². The molecule has 0 aliphatic carbocycles. The van der Waals surface area contributed by atoms with Gasteiger partial charge >= 0.3 is 0 Å². The van der Waals surface area contributed by atoms with E-state index >= 15 is 0 Å². The van der Waals surface area contributed by atoms with Gasteiger partial charge in [0.1, 0.15) is 0 Å². The van der Waals surface area contributed by atoms with Crippen LogP contribution in [0.2, 0.25) is 5.02 Å². The maximum atomic E-state index is 12.6. The number of rotatable bonds is 3. The predicted octanol–water partition coefficient (Wildman–Crippen LogP) is 4.31. The van der Waals surface area contributed by atoms with E-state index in [0.29, 0.717) is 27.0 Å². The SMILES string of the molecule is O=C1S/C(=C\c2ccccc2)C(=O)N1Cc1cc2c(cc1Cl)OCO2. The van der Waals surface area contributed by atoms with E-state index in [0.717, 1.165) is 17.3 Å². The maximum absolute atomic E-state index is 12.6. The van der Waals surface area contributed by atoms with Crippen molar-refractivity contribution in [3.8, 4) is 11.5 Å². The molecule has 2 aliphatic rings. The minimum Gasteiger partial charge on any atom is -0.454 e. The highest BCUT2D eigenvalue weighted by molar-refractivity contribution is 8.18. The molecule has 0 atom stereocenters. The van der Waals surface area contributed by atoms with Gasteiger partial charge in [-0.15, -0.1) is 0 Å². The molecule has 0 saturated carbocycles. The van der Waals surface area contributed by atoms with Gasteiger partial charge in [-0.1, -0.05) is 41.9 Å². The molecule has 7 heteroatoms. The summed E-state index contributed by atoms with van der Waals surface area (Å²) in [6, 6.07) is 12.7. The Hall–Kier alpha value is -2.44. The van der Waals surface area contributed by atoms with Crippen LogP contribution in [0.4, 0.5) is 4.79 Å². The zero-order valence-corrected chi connectivity index (χ0v) is 14.5. The van der Waals surface area contributed by atoms with E-state index < -0.39 is 0 Å². The first kappa shape index (κ1) is 16.1. The van der Waals surface area contributed by atoms with E-state index in [9.17, 15) is 9.59 Å². The second-order valence-corrected chi connectivity index (χ2v) is 6.88. The third kappa shape index (κ3) is 3.10. The van der Waals surface area contributed by atoms with Crippen LogP contribution in [0.25, 0.3) is 6.08 Å². The molecule has 0 N–H and O–H groups in total. The van der Waals surface area contributed by atoms with Crippen molar-refractivity contribution in [3.05, 3.63) is 63.5 Å². The van der Waals surface area contributed by atoms with Gasteiger partial charge in [-0.3, -0.25) is 14.5 Å². The highest BCUT2D eigenvalue weighted by Gasteiger charge is 2.35. The molecule has 0 aromatic heterocycles. The van der Waals surface area contributed by atoms with Crippen molar-refractivity contribution in [1.82, 2.24) is 4.90 Å². The number of fused-ring (bicyclic) bond motifs is 1. The first-order valence-corrected chi connectivity index (χ1v) is 8.70. The fourth-order valence-electron chi connectivity index (χ4n) is 2.59. The summed E-state index contributed by atoms with van der Waals surface area (Å²) in [7, 11) is 0. The quantitative estimate of drug-likeness (QED) is 0.750. The topological polar surface area (TPSA) is 55.8 Å². The molecule has 0 unspecified atom stereocenters. The lowest BCUT2D eigenvalue weighted by Crippen LogP contribution is -2.27. The summed E-state index contributed by atoms with van der Waals surface area (Å²) in [6.07, 6.45) is 1.71. The monoisotopic (exact) mass is 373 g/mol. The molecule has 2 aromatic rings. The lowest BCUT2D eigenvalue weighted by molar-refractivity contribution is -0.123. The smallest absolute Gasteiger partial charge is 0.293 e. The lowest BCUT2D eigenvalue weighted by Gasteiger charge is -2.14. The van der Waals surface area contributed by atoms with E-state index in [1.54, 1.807) is 18.2 Å². The van der Waals surface area contributed by atoms with Crippen LogP contribution in [0.5, 0.6) is 11.5 Å². The van der Waals surface area contributed by atoms with Gasteiger partial charge in [0.05, 0.1) is 11.4 Å². The lowest BCUT2D eigenvalue weighted by atomic mass is 10.1. The Morgan fingerprint density at radius 2 is 1.84 bits per heavy atom. The van der Waals surface area contributed by atoms with Crippen molar-refractivity contribution in [2.45, 2.75) is 6.54 Å². The van der Waals surface area contributed by atoms with Gasteiger partial charge in [0.2, 0.25) is 6.79 Å². The Balaban J connectivity index is 1.59. The van der Waals surface area contributed by atoms with Gasteiger partial charge in [-0.2, -0.15) is 0 Å². The summed E-state index contributed by atoms with van der Waals surface area (Å²) in [5.41, 5.74) is 1.50. The van der Waals surface area contributed by atoms with E-state index in [2.05, 4.69) is 0 Å². The minimum absolute atomic E-state index is 0.0896. The number of benzene rings is 2. The molecule has 2 amide bonds. The van der Waals surface area contributed by atoms with Crippen LogP contribution in [-0.2, 0) is 11.3 Å². The van der Waals surface area contributed by atoms with Crippen LogP contribution >= 0.6 is 23.4 Å². The summed E-state index contributed by atoms with van der Waals surface area (Å²) < 4.78 is 10.6. The third-order valence-corrected chi connectivity index (χ3v) is 5.10. The molecular weight excluding hydrogens is 362 g/mol. The molecular formula is C18H12ClNO4S. The number of carbonyl (C=O) groups excluding carboxylic acids is 2. The highest BCUT2D eigenvalue weighted by atomic mass is 35.5. The third-order valence-electron chi connectivity index (χ3n) is 3.84. The summed E-state index contributed by atoms with van der Waals surface area (Å²) in [4.78, 5) is 26.4. The molecule has 0 spiro atoms. The molecule has 126 valence electrons. The fourth-order valence-corrected chi connectivity index (χ4v) is 3.64. The molecule has 1 saturated heterocycles. The summed E-state index contributed by atoms with van der Waals surface area (Å²) in [5, 5.41) is 0.108. The van der Waals surface area contributed by atoms with Gasteiger partial charge in [0.15, 0.2) is 11.5 Å². The minimum atomic E-state index is -0.326. The number of hydrogen-bond acceptors (Lipinski definition) is 5. The Morgan fingerprint density at radius 3 is 2.60 bits per heavy atom. The van der Waals surface area contributed by atoms with Crippen molar-refractivity contribution in [1.29, 1.82) is 0 Å². The fraction of sp³-hybridized carbons (Fsp3) is 0.111. The van der Waals surface area contributed by atoms with Gasteiger partial charge in [-0.25, -0.2) is 0 Å². The zero-order chi connectivity index (χ0) is 17.4. The first-order chi connectivity index (χ1) is 12.1.